The summed E-state index contributed by atoms with van der Waals surface area (Å²) in [5.74, 6) is -0.0394. The van der Waals surface area contributed by atoms with E-state index in [1.165, 1.54) is 5.56 Å². The summed E-state index contributed by atoms with van der Waals surface area (Å²) in [5.41, 5.74) is 3.17. The number of carbonyl (C=O) groups is 1. The van der Waals surface area contributed by atoms with Crippen LogP contribution in [0.15, 0.2) is 42.7 Å². The lowest BCUT2D eigenvalue weighted by atomic mass is 10.2. The van der Waals surface area contributed by atoms with Crippen LogP contribution >= 0.6 is 0 Å². The van der Waals surface area contributed by atoms with Crippen LogP contribution in [0.5, 0.6) is 0 Å². The fraction of sp³-hybridized carbons (Fsp3) is 0.188. The van der Waals surface area contributed by atoms with Crippen molar-refractivity contribution in [3.05, 3.63) is 59.7 Å². The molecule has 5 heteroatoms. The Balaban J connectivity index is 1.91. The predicted molar refractivity (Wildman–Crippen MR) is 79.4 cm³/mol. The lowest BCUT2D eigenvalue weighted by Crippen LogP contribution is -2.03. The number of nitrogens with zero attached hydrogens (tertiary/aromatic N) is 3. The first-order valence-electron chi connectivity index (χ1n) is 6.74. The molecule has 0 saturated carbocycles. The van der Waals surface area contributed by atoms with Crippen molar-refractivity contribution in [1.29, 1.82) is 0 Å². The van der Waals surface area contributed by atoms with E-state index in [-0.39, 0.29) is 5.56 Å². The Hall–Kier alpha value is -2.69. The van der Waals surface area contributed by atoms with E-state index in [1.54, 1.807) is 24.5 Å². The summed E-state index contributed by atoms with van der Waals surface area (Å²) < 4.78 is 2.11. The summed E-state index contributed by atoms with van der Waals surface area (Å²) in [6.45, 7) is 2.74. The zero-order valence-corrected chi connectivity index (χ0v) is 11.7. The van der Waals surface area contributed by atoms with Crippen molar-refractivity contribution in [1.82, 2.24) is 14.5 Å². The molecular formula is C16H15N3O2. The maximum Gasteiger partial charge on any atom is 0.335 e. The minimum atomic E-state index is -0.930. The smallest absolute Gasteiger partial charge is 0.335 e. The van der Waals surface area contributed by atoms with Crippen LogP contribution in [0.2, 0.25) is 0 Å². The van der Waals surface area contributed by atoms with Crippen molar-refractivity contribution in [3.8, 4) is 0 Å². The van der Waals surface area contributed by atoms with Gasteiger partial charge in [-0.15, -0.1) is 0 Å². The molecule has 3 rings (SSSR count). The van der Waals surface area contributed by atoms with Gasteiger partial charge in [0.2, 0.25) is 0 Å². The molecule has 1 N–H and O–H groups in total. The van der Waals surface area contributed by atoms with Gasteiger partial charge in [0, 0.05) is 18.9 Å². The van der Waals surface area contributed by atoms with Gasteiger partial charge in [-0.2, -0.15) is 0 Å². The summed E-state index contributed by atoms with van der Waals surface area (Å²) in [7, 11) is 0. The normalized spacial score (nSPS) is 10.9. The Kier molecular flexibility index (Phi) is 3.39. The molecule has 0 amide bonds. The number of hydrogen-bond donors (Lipinski definition) is 1. The monoisotopic (exact) mass is 281 g/mol. The molecule has 0 aliphatic heterocycles. The third-order valence-corrected chi connectivity index (χ3v) is 3.56. The van der Waals surface area contributed by atoms with Gasteiger partial charge in [0.25, 0.3) is 0 Å². The molecule has 0 radical (unpaired) electrons. The first-order valence-corrected chi connectivity index (χ1v) is 6.74. The fourth-order valence-corrected chi connectivity index (χ4v) is 2.46. The van der Waals surface area contributed by atoms with Crippen LogP contribution in [0.4, 0.5) is 0 Å². The Morgan fingerprint density at radius 3 is 2.71 bits per heavy atom. The van der Waals surface area contributed by atoms with Gasteiger partial charge >= 0.3 is 5.97 Å². The molecule has 0 aliphatic carbocycles. The van der Waals surface area contributed by atoms with Crippen LogP contribution in [0.3, 0.4) is 0 Å². The zero-order valence-electron chi connectivity index (χ0n) is 11.7. The topological polar surface area (TPSA) is 68.0 Å². The van der Waals surface area contributed by atoms with Crippen molar-refractivity contribution >= 4 is 17.0 Å². The number of fused-ring (bicyclic) bond motifs is 1. The van der Waals surface area contributed by atoms with Crippen molar-refractivity contribution < 1.29 is 9.90 Å². The van der Waals surface area contributed by atoms with E-state index < -0.39 is 5.97 Å². The highest BCUT2D eigenvalue weighted by molar-refractivity contribution is 5.92. The number of imidazole rings is 1. The second-order valence-electron chi connectivity index (χ2n) is 4.92. The summed E-state index contributed by atoms with van der Waals surface area (Å²) in [6, 6.07) is 9.06. The number of hydrogen-bond acceptors (Lipinski definition) is 3. The number of aryl methyl sites for hydroxylation is 3. The second kappa shape index (κ2) is 5.36. The van der Waals surface area contributed by atoms with Crippen molar-refractivity contribution in [2.45, 2.75) is 19.9 Å². The molecule has 21 heavy (non-hydrogen) atoms. The SMILES string of the molecule is Cc1nc2cc(C(=O)O)ccc2n1CCc1ccncc1. The van der Waals surface area contributed by atoms with Gasteiger partial charge in [0.05, 0.1) is 16.6 Å². The molecule has 0 aliphatic rings. The maximum atomic E-state index is 11.0. The van der Waals surface area contributed by atoms with Crippen LogP contribution in [-0.4, -0.2) is 25.6 Å². The Bertz CT molecular complexity index is 794. The summed E-state index contributed by atoms with van der Waals surface area (Å²) >= 11 is 0. The van der Waals surface area contributed by atoms with Gasteiger partial charge in [-0.1, -0.05) is 0 Å². The van der Waals surface area contributed by atoms with E-state index in [0.29, 0.717) is 0 Å². The minimum absolute atomic E-state index is 0.265. The van der Waals surface area contributed by atoms with Gasteiger partial charge in [-0.3, -0.25) is 4.98 Å². The van der Waals surface area contributed by atoms with Crippen molar-refractivity contribution in [3.63, 3.8) is 0 Å². The standard InChI is InChI=1S/C16H15N3O2/c1-11-18-14-10-13(16(20)21)2-3-15(14)19(11)9-6-12-4-7-17-8-5-12/h2-5,7-8,10H,6,9H2,1H3,(H,20,21). The molecule has 2 aromatic heterocycles. The molecule has 2 heterocycles. The Morgan fingerprint density at radius 1 is 1.24 bits per heavy atom. The van der Waals surface area contributed by atoms with Gasteiger partial charge in [-0.05, 0) is 49.2 Å². The lowest BCUT2D eigenvalue weighted by molar-refractivity contribution is 0.0697. The van der Waals surface area contributed by atoms with E-state index in [0.717, 1.165) is 29.8 Å². The lowest BCUT2D eigenvalue weighted by Gasteiger charge is -2.07. The average molecular weight is 281 g/mol. The number of carboxylic acid groups (broad SMARTS) is 1. The number of aromatic carboxylic acids is 1. The van der Waals surface area contributed by atoms with E-state index in [9.17, 15) is 4.79 Å². The molecule has 106 valence electrons. The number of rotatable bonds is 4. The molecule has 0 saturated heterocycles. The number of aromatic nitrogens is 3. The number of benzene rings is 1. The highest BCUT2D eigenvalue weighted by Crippen LogP contribution is 2.18. The zero-order chi connectivity index (χ0) is 14.8. The quantitative estimate of drug-likeness (QED) is 0.798. The second-order valence-corrected chi connectivity index (χ2v) is 4.92. The molecule has 5 nitrogen and oxygen atoms in total. The van der Waals surface area contributed by atoms with Crippen molar-refractivity contribution in [2.24, 2.45) is 0 Å². The van der Waals surface area contributed by atoms with Crippen LogP contribution in [0.25, 0.3) is 11.0 Å². The Labute approximate surface area is 121 Å². The van der Waals surface area contributed by atoms with Crippen LogP contribution < -0.4 is 0 Å². The fourth-order valence-electron chi connectivity index (χ4n) is 2.46. The largest absolute Gasteiger partial charge is 0.478 e. The van der Waals surface area contributed by atoms with E-state index >= 15 is 0 Å². The summed E-state index contributed by atoms with van der Waals surface area (Å²) in [4.78, 5) is 19.5. The first-order chi connectivity index (χ1) is 10.1. The van der Waals surface area contributed by atoms with Crippen LogP contribution in [0, 0.1) is 6.92 Å². The van der Waals surface area contributed by atoms with Gasteiger partial charge in [0.15, 0.2) is 0 Å². The van der Waals surface area contributed by atoms with Crippen LogP contribution in [-0.2, 0) is 13.0 Å². The van der Waals surface area contributed by atoms with E-state index in [4.69, 9.17) is 5.11 Å². The first kappa shape index (κ1) is 13.3. The summed E-state index contributed by atoms with van der Waals surface area (Å²) in [6.07, 6.45) is 4.45. The van der Waals surface area contributed by atoms with Crippen molar-refractivity contribution in [2.75, 3.05) is 0 Å². The summed E-state index contributed by atoms with van der Waals surface area (Å²) in [5, 5.41) is 9.03. The van der Waals surface area contributed by atoms with Crippen LogP contribution in [0.1, 0.15) is 21.7 Å². The highest BCUT2D eigenvalue weighted by Gasteiger charge is 2.10. The molecule has 0 unspecified atom stereocenters. The molecule has 1 aromatic carbocycles. The molecule has 0 spiro atoms. The molecular weight excluding hydrogens is 266 g/mol. The predicted octanol–water partition coefficient (Wildman–Crippen LogP) is 2.68. The Morgan fingerprint density at radius 2 is 2.00 bits per heavy atom. The van der Waals surface area contributed by atoms with Gasteiger partial charge in [-0.25, -0.2) is 9.78 Å². The third kappa shape index (κ3) is 2.63. The molecule has 0 fully saturated rings. The van der Waals surface area contributed by atoms with Gasteiger partial charge < -0.3 is 9.67 Å². The minimum Gasteiger partial charge on any atom is -0.478 e. The maximum absolute atomic E-state index is 11.0. The van der Waals surface area contributed by atoms with E-state index in [2.05, 4.69) is 14.5 Å². The highest BCUT2D eigenvalue weighted by atomic mass is 16.4. The number of pyridine rings is 1. The molecule has 0 atom stereocenters. The van der Waals surface area contributed by atoms with Gasteiger partial charge in [0.1, 0.15) is 5.82 Å². The molecule has 0 bridgehead atoms. The number of carboxylic acids is 1. The molecule has 3 aromatic rings. The van der Waals surface area contributed by atoms with E-state index in [1.807, 2.05) is 25.1 Å². The third-order valence-electron chi connectivity index (χ3n) is 3.56. The average Bonchev–Trinajstić information content (AvgIpc) is 2.80.